The molecule has 4 aromatic rings. The summed E-state index contributed by atoms with van der Waals surface area (Å²) in [6.07, 6.45) is 0. The summed E-state index contributed by atoms with van der Waals surface area (Å²) in [6, 6.07) is 22.1. The lowest BCUT2D eigenvalue weighted by molar-refractivity contribution is 0.414. The maximum Gasteiger partial charge on any atom is 0.126 e. The Morgan fingerprint density at radius 3 is 1.19 bits per heavy atom. The van der Waals surface area contributed by atoms with Crippen LogP contribution in [0.3, 0.4) is 0 Å². The SMILES string of the molecule is COc1c([Si](C)(C)C)cc2ccccc2c1-c1c(OC)c([Si](C)(C)C)cc2ccccc12. The molecule has 0 radical (unpaired) electrons. The van der Waals surface area contributed by atoms with Gasteiger partial charge in [0.1, 0.15) is 11.5 Å². The molecule has 4 rings (SSSR count). The Kier molecular flexibility index (Phi) is 5.72. The molecule has 0 bridgehead atoms. The largest absolute Gasteiger partial charge is 0.496 e. The van der Waals surface area contributed by atoms with Crippen LogP contribution in [0.4, 0.5) is 0 Å². The molecule has 0 aliphatic carbocycles. The smallest absolute Gasteiger partial charge is 0.126 e. The number of benzene rings is 4. The van der Waals surface area contributed by atoms with Crippen LogP contribution in [-0.2, 0) is 0 Å². The Balaban J connectivity index is 2.32. The summed E-state index contributed by atoms with van der Waals surface area (Å²) in [7, 11) is 0.262. The molecule has 0 aliphatic rings. The van der Waals surface area contributed by atoms with Crippen LogP contribution >= 0.6 is 0 Å². The molecule has 32 heavy (non-hydrogen) atoms. The molecule has 0 saturated heterocycles. The maximum atomic E-state index is 6.23. The summed E-state index contributed by atoms with van der Waals surface area (Å²) in [6.45, 7) is 14.3. The van der Waals surface area contributed by atoms with Gasteiger partial charge in [0.25, 0.3) is 0 Å². The highest BCUT2D eigenvalue weighted by Gasteiger charge is 2.30. The first-order chi connectivity index (χ1) is 15.1. The van der Waals surface area contributed by atoms with Crippen molar-refractivity contribution in [3.8, 4) is 22.6 Å². The van der Waals surface area contributed by atoms with Crippen LogP contribution in [0.5, 0.6) is 11.5 Å². The van der Waals surface area contributed by atoms with Crippen molar-refractivity contribution in [1.82, 2.24) is 0 Å². The van der Waals surface area contributed by atoms with Gasteiger partial charge in [0.05, 0.1) is 30.4 Å². The summed E-state index contributed by atoms with van der Waals surface area (Å²) in [5, 5.41) is 7.62. The Hall–Kier alpha value is -2.57. The zero-order valence-electron chi connectivity index (χ0n) is 20.6. The number of methoxy groups -OCH3 is 2. The lowest BCUT2D eigenvalue weighted by Crippen LogP contribution is -2.39. The molecule has 0 amide bonds. The second kappa shape index (κ2) is 8.09. The highest BCUT2D eigenvalue weighted by atomic mass is 28.3. The molecule has 0 unspecified atom stereocenters. The summed E-state index contributed by atoms with van der Waals surface area (Å²) in [4.78, 5) is 0. The van der Waals surface area contributed by atoms with Crippen LogP contribution in [0.15, 0.2) is 60.7 Å². The molecule has 166 valence electrons. The predicted octanol–water partition coefficient (Wildman–Crippen LogP) is 6.77. The van der Waals surface area contributed by atoms with E-state index in [9.17, 15) is 0 Å². The topological polar surface area (TPSA) is 18.5 Å². The Morgan fingerprint density at radius 1 is 0.531 bits per heavy atom. The highest BCUT2D eigenvalue weighted by Crippen LogP contribution is 2.45. The quantitative estimate of drug-likeness (QED) is 0.307. The number of ether oxygens (including phenoxy) is 2. The van der Waals surface area contributed by atoms with Crippen molar-refractivity contribution in [2.24, 2.45) is 0 Å². The van der Waals surface area contributed by atoms with Crippen molar-refractivity contribution >= 4 is 48.1 Å². The molecule has 0 spiro atoms. The van der Waals surface area contributed by atoms with E-state index in [-0.39, 0.29) is 0 Å². The predicted molar refractivity (Wildman–Crippen MR) is 146 cm³/mol. The second-order valence-corrected chi connectivity index (χ2v) is 20.7. The minimum atomic E-state index is -1.68. The number of fused-ring (bicyclic) bond motifs is 2. The first-order valence-electron chi connectivity index (χ1n) is 11.3. The average molecular weight is 459 g/mol. The summed E-state index contributed by atoms with van der Waals surface area (Å²) < 4.78 is 12.5. The highest BCUT2D eigenvalue weighted by molar-refractivity contribution is 6.90. The lowest BCUT2D eigenvalue weighted by atomic mass is 9.92. The van der Waals surface area contributed by atoms with E-state index in [2.05, 4.69) is 99.9 Å². The fourth-order valence-electron chi connectivity index (χ4n) is 4.69. The Morgan fingerprint density at radius 2 is 0.875 bits per heavy atom. The zero-order chi connectivity index (χ0) is 23.3. The van der Waals surface area contributed by atoms with Gasteiger partial charge < -0.3 is 9.47 Å². The second-order valence-electron chi connectivity index (χ2n) is 10.6. The molecule has 0 aliphatic heterocycles. The third-order valence-electron chi connectivity index (χ3n) is 6.28. The first kappa shape index (κ1) is 22.6. The number of hydrogen-bond acceptors (Lipinski definition) is 2. The van der Waals surface area contributed by atoms with E-state index < -0.39 is 16.1 Å². The van der Waals surface area contributed by atoms with Crippen LogP contribution in [0.1, 0.15) is 0 Å². The van der Waals surface area contributed by atoms with E-state index in [0.29, 0.717) is 0 Å². The minimum Gasteiger partial charge on any atom is -0.496 e. The van der Waals surface area contributed by atoms with E-state index in [4.69, 9.17) is 9.47 Å². The zero-order valence-corrected chi connectivity index (χ0v) is 22.6. The minimum absolute atomic E-state index is 0.999. The van der Waals surface area contributed by atoms with E-state index in [1.165, 1.54) is 31.9 Å². The molecule has 0 atom stereocenters. The van der Waals surface area contributed by atoms with Gasteiger partial charge in [-0.15, -0.1) is 0 Å². The van der Waals surface area contributed by atoms with Crippen molar-refractivity contribution in [2.75, 3.05) is 14.2 Å². The van der Waals surface area contributed by atoms with E-state index in [0.717, 1.165) is 22.6 Å². The maximum absolute atomic E-state index is 6.23. The fourth-order valence-corrected chi connectivity index (χ4v) is 7.69. The van der Waals surface area contributed by atoms with E-state index in [1.807, 2.05) is 14.2 Å². The molecule has 0 fully saturated rings. The van der Waals surface area contributed by atoms with Crippen LogP contribution in [0, 0.1) is 0 Å². The molecule has 4 heteroatoms. The molecule has 0 saturated carbocycles. The van der Waals surface area contributed by atoms with Gasteiger partial charge in [-0.1, -0.05) is 99.9 Å². The van der Waals surface area contributed by atoms with Crippen molar-refractivity contribution in [1.29, 1.82) is 0 Å². The normalized spacial score (nSPS) is 12.4. The van der Waals surface area contributed by atoms with Gasteiger partial charge in [0.15, 0.2) is 0 Å². The molecule has 0 N–H and O–H groups in total. The van der Waals surface area contributed by atoms with Gasteiger partial charge in [-0.2, -0.15) is 0 Å². The van der Waals surface area contributed by atoms with Gasteiger partial charge in [-0.05, 0) is 31.9 Å². The van der Waals surface area contributed by atoms with Gasteiger partial charge >= 0.3 is 0 Å². The van der Waals surface area contributed by atoms with Gasteiger partial charge in [0, 0.05) is 11.1 Å². The monoisotopic (exact) mass is 458 g/mol. The fraction of sp³-hybridized carbons (Fsp3) is 0.286. The molecule has 0 aromatic heterocycles. The Labute approximate surface area is 194 Å². The first-order valence-corrected chi connectivity index (χ1v) is 18.3. The van der Waals surface area contributed by atoms with Gasteiger partial charge in [-0.3, -0.25) is 0 Å². The Bertz CT molecular complexity index is 1210. The molecular formula is C28H34O2Si2. The number of hydrogen-bond donors (Lipinski definition) is 0. The summed E-state index contributed by atoms with van der Waals surface area (Å²) in [5.41, 5.74) is 2.33. The third kappa shape index (κ3) is 3.76. The van der Waals surface area contributed by atoms with Crippen LogP contribution in [0.25, 0.3) is 32.7 Å². The van der Waals surface area contributed by atoms with Crippen LogP contribution in [0.2, 0.25) is 39.3 Å². The molecule has 0 heterocycles. The summed E-state index contributed by atoms with van der Waals surface area (Å²) >= 11 is 0. The van der Waals surface area contributed by atoms with Crippen LogP contribution in [-0.4, -0.2) is 30.4 Å². The number of rotatable bonds is 5. The van der Waals surface area contributed by atoms with Crippen molar-refractivity contribution < 1.29 is 9.47 Å². The van der Waals surface area contributed by atoms with Crippen molar-refractivity contribution in [3.05, 3.63) is 60.7 Å². The molecular weight excluding hydrogens is 424 g/mol. The standard InChI is InChI=1S/C28H34O2Si2/c1-29-27-23(31(3,4)5)17-19-13-9-11-15-21(19)25(27)26-22-16-12-10-14-20(22)18-24(28(26)30-2)32(6,7)8/h9-18H,1-8H3. The average Bonchev–Trinajstić information content (AvgIpc) is 2.75. The third-order valence-corrected chi connectivity index (χ3v) is 10.3. The summed E-state index contributed by atoms with van der Waals surface area (Å²) in [5.74, 6) is 2.00. The van der Waals surface area contributed by atoms with Gasteiger partial charge in [0.2, 0.25) is 0 Å². The lowest BCUT2D eigenvalue weighted by Gasteiger charge is -2.28. The van der Waals surface area contributed by atoms with Gasteiger partial charge in [-0.25, -0.2) is 0 Å². The van der Waals surface area contributed by atoms with Crippen molar-refractivity contribution in [2.45, 2.75) is 39.3 Å². The molecule has 2 nitrogen and oxygen atoms in total. The van der Waals surface area contributed by atoms with Crippen LogP contribution < -0.4 is 19.8 Å². The van der Waals surface area contributed by atoms with Crippen molar-refractivity contribution in [3.63, 3.8) is 0 Å². The van der Waals surface area contributed by atoms with E-state index in [1.54, 1.807) is 0 Å². The van der Waals surface area contributed by atoms with E-state index >= 15 is 0 Å². The molecule has 4 aromatic carbocycles.